The number of aliphatic hydroxyl groups excluding tert-OH is 1. The predicted molar refractivity (Wildman–Crippen MR) is 46.1 cm³/mol. The van der Waals surface area contributed by atoms with Crippen LogP contribution in [-0.2, 0) is 9.53 Å². The lowest BCUT2D eigenvalue weighted by atomic mass is 10.2. The molecule has 0 aliphatic rings. The molecule has 0 aliphatic carbocycles. The molecule has 6 N–H and O–H groups in total. The van der Waals surface area contributed by atoms with Crippen molar-refractivity contribution in [3.63, 3.8) is 0 Å². The van der Waals surface area contributed by atoms with Gasteiger partial charge >= 0.3 is 5.97 Å². The topological polar surface area (TPSA) is 119 Å². The van der Waals surface area contributed by atoms with Crippen LogP contribution in [0.2, 0.25) is 0 Å². The van der Waals surface area contributed by atoms with Gasteiger partial charge in [0.15, 0.2) is 0 Å². The van der Waals surface area contributed by atoms with Crippen molar-refractivity contribution >= 4 is 5.97 Å². The van der Waals surface area contributed by atoms with Crippen molar-refractivity contribution in [1.29, 1.82) is 0 Å². The highest BCUT2D eigenvalue weighted by molar-refractivity contribution is 5.72. The highest BCUT2D eigenvalue weighted by Gasteiger charge is 2.10. The van der Waals surface area contributed by atoms with Crippen LogP contribution in [0.4, 0.5) is 0 Å². The van der Waals surface area contributed by atoms with Crippen LogP contribution in [0.15, 0.2) is 0 Å². The molecule has 0 rings (SSSR count). The first-order valence-corrected chi connectivity index (χ1v) is 4.00. The van der Waals surface area contributed by atoms with Gasteiger partial charge in [-0.15, -0.1) is 0 Å². The molecule has 0 aromatic rings. The number of hydrogen-bond donors (Lipinski definition) is 4. The molecule has 0 aromatic heterocycles. The Kier molecular flexibility index (Phi) is 6.43. The van der Waals surface area contributed by atoms with E-state index in [4.69, 9.17) is 26.4 Å². The van der Waals surface area contributed by atoms with E-state index in [2.05, 4.69) is 0 Å². The zero-order valence-electron chi connectivity index (χ0n) is 7.35. The third kappa shape index (κ3) is 6.47. The van der Waals surface area contributed by atoms with E-state index in [1.165, 1.54) is 0 Å². The van der Waals surface area contributed by atoms with Gasteiger partial charge in [-0.05, 0) is 6.42 Å². The molecule has 13 heavy (non-hydrogen) atoms. The summed E-state index contributed by atoms with van der Waals surface area (Å²) in [6.45, 7) is 0.301. The molecule has 0 amide bonds. The molecule has 0 saturated heterocycles. The quantitative estimate of drug-likeness (QED) is 0.351. The van der Waals surface area contributed by atoms with Crippen LogP contribution in [-0.4, -0.2) is 48.1 Å². The number of aliphatic hydroxyl groups is 1. The molecule has 0 saturated carbocycles. The number of aliphatic carboxylic acids is 1. The average molecular weight is 192 g/mol. The van der Waals surface area contributed by atoms with E-state index in [0.29, 0.717) is 0 Å². The van der Waals surface area contributed by atoms with E-state index in [9.17, 15) is 4.79 Å². The number of ether oxygens (including phenoxy) is 1. The summed E-state index contributed by atoms with van der Waals surface area (Å²) in [5.41, 5.74) is 10.5. The summed E-state index contributed by atoms with van der Waals surface area (Å²) in [5, 5.41) is 16.9. The molecule has 0 bridgehead atoms. The fourth-order valence-electron chi connectivity index (χ4n) is 0.621. The van der Waals surface area contributed by atoms with E-state index in [-0.39, 0.29) is 26.2 Å². The zero-order valence-corrected chi connectivity index (χ0v) is 7.35. The molecule has 0 heterocycles. The first-order valence-electron chi connectivity index (χ1n) is 4.00. The fourth-order valence-corrected chi connectivity index (χ4v) is 0.621. The Hall–Kier alpha value is -0.690. The third-order valence-corrected chi connectivity index (χ3v) is 1.46. The van der Waals surface area contributed by atoms with Gasteiger partial charge in [-0.3, -0.25) is 4.79 Å². The minimum absolute atomic E-state index is 0.148. The summed E-state index contributed by atoms with van der Waals surface area (Å²) in [4.78, 5) is 10.2. The van der Waals surface area contributed by atoms with Crippen molar-refractivity contribution < 1.29 is 19.7 Å². The van der Waals surface area contributed by atoms with Gasteiger partial charge in [-0.2, -0.15) is 0 Å². The number of carboxylic acids is 1. The lowest BCUT2D eigenvalue weighted by molar-refractivity contribution is -0.139. The molecular formula is C7H16N2O4. The molecule has 6 heteroatoms. The van der Waals surface area contributed by atoms with Crippen LogP contribution in [0.3, 0.4) is 0 Å². The molecule has 0 radical (unpaired) electrons. The van der Waals surface area contributed by atoms with Crippen molar-refractivity contribution in [2.45, 2.75) is 18.5 Å². The normalized spacial score (nSPS) is 15.3. The first kappa shape index (κ1) is 12.3. The molecule has 0 aromatic carbocycles. The van der Waals surface area contributed by atoms with Crippen LogP contribution in [0.25, 0.3) is 0 Å². The molecule has 6 nitrogen and oxygen atoms in total. The Morgan fingerprint density at radius 1 is 1.46 bits per heavy atom. The van der Waals surface area contributed by atoms with Crippen molar-refractivity contribution in [1.82, 2.24) is 0 Å². The minimum Gasteiger partial charge on any atom is -0.480 e. The fraction of sp³-hybridized carbons (Fsp3) is 0.857. The molecule has 2 atom stereocenters. The molecule has 0 unspecified atom stereocenters. The summed E-state index contributed by atoms with van der Waals surface area (Å²) < 4.78 is 4.98. The Morgan fingerprint density at radius 3 is 2.54 bits per heavy atom. The highest BCUT2D eigenvalue weighted by atomic mass is 16.5. The maximum Gasteiger partial charge on any atom is 0.320 e. The van der Waals surface area contributed by atoms with E-state index in [1.807, 2.05) is 0 Å². The van der Waals surface area contributed by atoms with Crippen LogP contribution in [0.1, 0.15) is 6.42 Å². The maximum atomic E-state index is 10.2. The Labute approximate surface area is 76.5 Å². The second-order valence-electron chi connectivity index (χ2n) is 2.75. The van der Waals surface area contributed by atoms with E-state index in [0.717, 1.165) is 0 Å². The third-order valence-electron chi connectivity index (χ3n) is 1.46. The zero-order chi connectivity index (χ0) is 10.3. The Balaban J connectivity index is 3.30. The van der Waals surface area contributed by atoms with Crippen molar-refractivity contribution in [2.75, 3.05) is 19.8 Å². The monoisotopic (exact) mass is 192 g/mol. The van der Waals surface area contributed by atoms with Crippen molar-refractivity contribution in [3.8, 4) is 0 Å². The second kappa shape index (κ2) is 6.79. The lowest BCUT2D eigenvalue weighted by Crippen LogP contribution is -2.33. The Morgan fingerprint density at radius 2 is 2.08 bits per heavy atom. The van der Waals surface area contributed by atoms with Crippen LogP contribution < -0.4 is 11.5 Å². The minimum atomic E-state index is -1.05. The summed E-state index contributed by atoms with van der Waals surface area (Å²) in [7, 11) is 0. The number of rotatable bonds is 7. The highest BCUT2D eigenvalue weighted by Crippen LogP contribution is 1.90. The second-order valence-corrected chi connectivity index (χ2v) is 2.75. The van der Waals surface area contributed by atoms with E-state index >= 15 is 0 Å². The van der Waals surface area contributed by atoms with Gasteiger partial charge in [0.2, 0.25) is 0 Å². The number of hydrogen-bond acceptors (Lipinski definition) is 5. The van der Waals surface area contributed by atoms with Crippen molar-refractivity contribution in [2.24, 2.45) is 11.5 Å². The largest absolute Gasteiger partial charge is 0.480 e. The standard InChI is InChI=1S/C7H16N2O4/c8-5(3-10)4-13-2-1-6(9)7(11)12/h5-6,10H,1-4,8-9H2,(H,11,12)/t5-,6+/m1/s1. The van der Waals surface area contributed by atoms with Crippen molar-refractivity contribution in [3.05, 3.63) is 0 Å². The summed E-state index contributed by atoms with van der Waals surface area (Å²) in [5.74, 6) is -1.05. The van der Waals surface area contributed by atoms with E-state index < -0.39 is 18.1 Å². The predicted octanol–water partition coefficient (Wildman–Crippen LogP) is -1.88. The first-order chi connectivity index (χ1) is 6.07. The summed E-state index contributed by atoms with van der Waals surface area (Å²) in [6, 6.07) is -1.31. The van der Waals surface area contributed by atoms with Gasteiger partial charge in [0, 0.05) is 6.61 Å². The van der Waals surface area contributed by atoms with Gasteiger partial charge in [0.25, 0.3) is 0 Å². The van der Waals surface area contributed by atoms with Gasteiger partial charge in [0.1, 0.15) is 6.04 Å². The summed E-state index contributed by atoms with van der Waals surface area (Å²) >= 11 is 0. The molecule has 0 aliphatic heterocycles. The number of carbonyl (C=O) groups is 1. The molecule has 78 valence electrons. The van der Waals surface area contributed by atoms with Gasteiger partial charge in [0.05, 0.1) is 19.3 Å². The van der Waals surface area contributed by atoms with Gasteiger partial charge < -0.3 is 26.4 Å². The maximum absolute atomic E-state index is 10.2. The SMILES string of the molecule is N[C@H](CO)COCC[C@H](N)C(=O)O. The van der Waals surface area contributed by atoms with Crippen LogP contribution in [0, 0.1) is 0 Å². The smallest absolute Gasteiger partial charge is 0.320 e. The van der Waals surface area contributed by atoms with Crippen LogP contribution in [0.5, 0.6) is 0 Å². The number of nitrogens with two attached hydrogens (primary N) is 2. The molecule has 0 spiro atoms. The van der Waals surface area contributed by atoms with Gasteiger partial charge in [-0.1, -0.05) is 0 Å². The van der Waals surface area contributed by atoms with E-state index in [1.54, 1.807) is 0 Å². The Bertz CT molecular complexity index is 153. The van der Waals surface area contributed by atoms with Crippen LogP contribution >= 0.6 is 0 Å². The summed E-state index contributed by atoms with van der Waals surface area (Å²) in [6.07, 6.45) is 0.244. The molecule has 0 fully saturated rings. The lowest BCUT2D eigenvalue weighted by Gasteiger charge is -2.10. The molecular weight excluding hydrogens is 176 g/mol. The van der Waals surface area contributed by atoms with Gasteiger partial charge in [-0.25, -0.2) is 0 Å². The average Bonchev–Trinajstić information content (AvgIpc) is 2.11. The number of carboxylic acid groups (broad SMARTS) is 1.